The molecule has 0 unspecified atom stereocenters. The molecule has 0 spiro atoms. The first-order valence-corrected chi connectivity index (χ1v) is 7.62. The molecule has 0 saturated carbocycles. The lowest BCUT2D eigenvalue weighted by Crippen LogP contribution is -2.11. The Bertz CT molecular complexity index is 713. The molecule has 1 amide bonds. The molecule has 1 aromatic carbocycles. The second-order valence-corrected chi connectivity index (χ2v) is 5.68. The van der Waals surface area contributed by atoms with Gasteiger partial charge in [-0.2, -0.15) is 0 Å². The Hall–Kier alpha value is -1.80. The first-order chi connectivity index (χ1) is 10.1. The number of hydrogen-bond donors (Lipinski definition) is 2. The number of aliphatic hydroxyl groups is 1. The van der Waals surface area contributed by atoms with Crippen molar-refractivity contribution in [1.29, 1.82) is 0 Å². The van der Waals surface area contributed by atoms with Crippen molar-refractivity contribution < 1.29 is 9.90 Å². The van der Waals surface area contributed by atoms with E-state index in [-0.39, 0.29) is 12.5 Å². The van der Waals surface area contributed by atoms with Crippen molar-refractivity contribution in [2.24, 2.45) is 0 Å². The van der Waals surface area contributed by atoms with Crippen molar-refractivity contribution in [3.63, 3.8) is 0 Å². The van der Waals surface area contributed by atoms with Crippen LogP contribution in [-0.4, -0.2) is 17.6 Å². The lowest BCUT2D eigenvalue weighted by molar-refractivity contribution is 0.103. The van der Waals surface area contributed by atoms with Gasteiger partial charge in [0.1, 0.15) is 4.88 Å². The predicted octanol–water partition coefficient (Wildman–Crippen LogP) is 3.70. The van der Waals surface area contributed by atoms with E-state index in [1.54, 1.807) is 12.1 Å². The Morgan fingerprint density at radius 3 is 2.95 bits per heavy atom. The number of benzene rings is 1. The molecule has 0 aliphatic heterocycles. The van der Waals surface area contributed by atoms with Gasteiger partial charge in [0.25, 0.3) is 5.91 Å². The van der Waals surface area contributed by atoms with E-state index < -0.39 is 0 Å². The minimum atomic E-state index is -0.210. The third-order valence-corrected chi connectivity index (χ3v) is 4.08. The summed E-state index contributed by atoms with van der Waals surface area (Å²) >= 11 is 7.38. The number of anilines is 1. The maximum absolute atomic E-state index is 12.3. The number of carbonyl (C=O) groups excluding carboxylic acids is 1. The minimum Gasteiger partial charge on any atom is -0.395 e. The molecular formula is C16H14ClNO2S. The van der Waals surface area contributed by atoms with E-state index in [4.69, 9.17) is 16.7 Å². The average molecular weight is 320 g/mol. The van der Waals surface area contributed by atoms with Crippen LogP contribution in [0, 0.1) is 18.8 Å². The molecule has 0 radical (unpaired) electrons. The predicted molar refractivity (Wildman–Crippen MR) is 87.0 cm³/mol. The minimum absolute atomic E-state index is 0.0144. The van der Waals surface area contributed by atoms with Gasteiger partial charge in [0.15, 0.2) is 0 Å². The zero-order valence-electron chi connectivity index (χ0n) is 11.4. The number of aryl methyl sites for hydroxylation is 1. The quantitative estimate of drug-likeness (QED) is 0.848. The van der Waals surface area contributed by atoms with Crippen molar-refractivity contribution in [1.82, 2.24) is 0 Å². The number of aliphatic hydroxyl groups excluding tert-OH is 1. The second kappa shape index (κ2) is 7.28. The number of amides is 1. The van der Waals surface area contributed by atoms with Crippen LogP contribution in [0.1, 0.15) is 27.2 Å². The molecule has 2 aromatic rings. The van der Waals surface area contributed by atoms with Gasteiger partial charge in [-0.1, -0.05) is 29.5 Å². The highest BCUT2D eigenvalue weighted by molar-refractivity contribution is 7.12. The van der Waals surface area contributed by atoms with Crippen LogP contribution in [0.15, 0.2) is 29.6 Å². The summed E-state index contributed by atoms with van der Waals surface area (Å²) < 4.78 is 0. The monoisotopic (exact) mass is 319 g/mol. The summed E-state index contributed by atoms with van der Waals surface area (Å²) in [4.78, 5) is 12.8. The first kappa shape index (κ1) is 15.6. The van der Waals surface area contributed by atoms with Gasteiger partial charge in [0.05, 0.1) is 6.61 Å². The maximum Gasteiger partial charge on any atom is 0.267 e. The number of thiophene rings is 1. The van der Waals surface area contributed by atoms with Gasteiger partial charge in [0.2, 0.25) is 0 Å². The van der Waals surface area contributed by atoms with Crippen molar-refractivity contribution in [2.45, 2.75) is 13.3 Å². The number of carbonyl (C=O) groups is 1. The number of hydrogen-bond acceptors (Lipinski definition) is 3. The van der Waals surface area contributed by atoms with Gasteiger partial charge < -0.3 is 10.4 Å². The van der Waals surface area contributed by atoms with Gasteiger partial charge in [-0.3, -0.25) is 4.79 Å². The third kappa shape index (κ3) is 4.08. The zero-order valence-corrected chi connectivity index (χ0v) is 13.0. The van der Waals surface area contributed by atoms with E-state index in [0.29, 0.717) is 27.6 Å². The Balaban J connectivity index is 2.16. The highest BCUT2D eigenvalue weighted by Crippen LogP contribution is 2.22. The summed E-state index contributed by atoms with van der Waals surface area (Å²) in [6.07, 6.45) is 0.393. The van der Waals surface area contributed by atoms with E-state index in [9.17, 15) is 4.79 Å². The summed E-state index contributed by atoms with van der Waals surface area (Å²) in [6, 6.07) is 7.18. The van der Waals surface area contributed by atoms with Crippen LogP contribution in [0.4, 0.5) is 5.69 Å². The Labute approximate surface area is 132 Å². The molecule has 3 nitrogen and oxygen atoms in total. The van der Waals surface area contributed by atoms with Gasteiger partial charge in [-0.05, 0) is 36.1 Å². The van der Waals surface area contributed by atoms with Crippen LogP contribution in [-0.2, 0) is 0 Å². The molecule has 0 saturated heterocycles. The first-order valence-electron chi connectivity index (χ1n) is 6.36. The van der Waals surface area contributed by atoms with Crippen LogP contribution in [0.25, 0.3) is 0 Å². The molecule has 21 heavy (non-hydrogen) atoms. The second-order valence-electron chi connectivity index (χ2n) is 4.36. The van der Waals surface area contributed by atoms with Crippen molar-refractivity contribution >= 4 is 34.5 Å². The topological polar surface area (TPSA) is 49.3 Å². The lowest BCUT2D eigenvalue weighted by Gasteiger charge is -2.06. The Morgan fingerprint density at radius 2 is 2.24 bits per heavy atom. The molecule has 0 bridgehead atoms. The van der Waals surface area contributed by atoms with Gasteiger partial charge in [-0.25, -0.2) is 0 Å². The van der Waals surface area contributed by atoms with Crippen molar-refractivity contribution in [3.8, 4) is 11.8 Å². The Morgan fingerprint density at radius 1 is 1.43 bits per heavy atom. The van der Waals surface area contributed by atoms with Crippen LogP contribution >= 0.6 is 22.9 Å². The van der Waals surface area contributed by atoms with Crippen molar-refractivity contribution in [2.75, 3.05) is 11.9 Å². The molecule has 0 aliphatic rings. The fourth-order valence-electron chi connectivity index (χ4n) is 1.66. The normalized spacial score (nSPS) is 9.86. The van der Waals surface area contributed by atoms with E-state index in [0.717, 1.165) is 5.56 Å². The molecule has 1 heterocycles. The summed E-state index contributed by atoms with van der Waals surface area (Å²) in [5.74, 6) is 5.50. The Kier molecular flexibility index (Phi) is 5.40. The summed E-state index contributed by atoms with van der Waals surface area (Å²) in [6.45, 7) is 1.92. The number of nitrogens with one attached hydrogen (secondary N) is 1. The highest BCUT2D eigenvalue weighted by Gasteiger charge is 2.12. The standard InChI is InChI=1S/C16H14ClNO2S/c1-11-5-6-13(10-14(11)17)18-16(20)15-12(7-9-21-15)4-2-3-8-19/h5-7,9-10,19H,3,8H2,1H3,(H,18,20). The van der Waals surface area contributed by atoms with E-state index in [1.807, 2.05) is 24.4 Å². The van der Waals surface area contributed by atoms with Crippen molar-refractivity contribution in [3.05, 3.63) is 50.7 Å². The highest BCUT2D eigenvalue weighted by atomic mass is 35.5. The fourth-order valence-corrected chi connectivity index (χ4v) is 2.58. The third-order valence-electron chi connectivity index (χ3n) is 2.76. The molecule has 0 fully saturated rings. The van der Waals surface area contributed by atoms with E-state index >= 15 is 0 Å². The average Bonchev–Trinajstić information content (AvgIpc) is 2.92. The molecule has 2 N–H and O–H groups in total. The van der Waals surface area contributed by atoms with Crippen LogP contribution in [0.5, 0.6) is 0 Å². The smallest absolute Gasteiger partial charge is 0.267 e. The van der Waals surface area contributed by atoms with Gasteiger partial charge in [0, 0.05) is 22.7 Å². The summed E-state index contributed by atoms with van der Waals surface area (Å²) in [7, 11) is 0. The van der Waals surface area contributed by atoms with E-state index in [1.165, 1.54) is 11.3 Å². The SMILES string of the molecule is Cc1ccc(NC(=O)c2sccc2C#CCCO)cc1Cl. The molecule has 0 aliphatic carbocycles. The maximum atomic E-state index is 12.3. The summed E-state index contributed by atoms with van der Waals surface area (Å²) in [5, 5.41) is 14.0. The van der Waals surface area contributed by atoms with Gasteiger partial charge >= 0.3 is 0 Å². The largest absolute Gasteiger partial charge is 0.395 e. The molecule has 0 atom stereocenters. The van der Waals surface area contributed by atoms with Gasteiger partial charge in [-0.15, -0.1) is 11.3 Å². The van der Waals surface area contributed by atoms with Crippen LogP contribution in [0.2, 0.25) is 5.02 Å². The van der Waals surface area contributed by atoms with Crippen LogP contribution in [0.3, 0.4) is 0 Å². The lowest BCUT2D eigenvalue weighted by atomic mass is 10.2. The molecular weight excluding hydrogens is 306 g/mol. The van der Waals surface area contributed by atoms with E-state index in [2.05, 4.69) is 17.2 Å². The number of halogens is 1. The fraction of sp³-hybridized carbons (Fsp3) is 0.188. The zero-order chi connectivity index (χ0) is 15.2. The molecule has 1 aromatic heterocycles. The molecule has 2 rings (SSSR count). The molecule has 5 heteroatoms. The summed E-state index contributed by atoms with van der Waals surface area (Å²) in [5.41, 5.74) is 2.28. The van der Waals surface area contributed by atoms with Crippen LogP contribution < -0.4 is 5.32 Å². The number of rotatable bonds is 3. The molecule has 108 valence electrons.